The molecule has 1 saturated carbocycles. The first kappa shape index (κ1) is 22.2. The SMILES string of the molecule is Cc1cc(C(=O)N2CCCC2C(=O)N2CCN(C(=O)C3CCCC3)CC2)ccc1[N+](=O)[O-]. The van der Waals surface area contributed by atoms with Gasteiger partial charge in [0.1, 0.15) is 6.04 Å². The van der Waals surface area contributed by atoms with Crippen LogP contribution in [0.2, 0.25) is 0 Å². The number of amides is 3. The molecule has 0 bridgehead atoms. The maximum absolute atomic E-state index is 13.2. The van der Waals surface area contributed by atoms with Gasteiger partial charge in [-0.05, 0) is 44.7 Å². The number of carbonyl (C=O) groups is 3. The molecule has 0 spiro atoms. The number of hydrogen-bond donors (Lipinski definition) is 0. The number of nitrogens with zero attached hydrogens (tertiary/aromatic N) is 4. The van der Waals surface area contributed by atoms with E-state index in [9.17, 15) is 24.5 Å². The van der Waals surface area contributed by atoms with Gasteiger partial charge in [0.2, 0.25) is 11.8 Å². The molecule has 0 aromatic heterocycles. The van der Waals surface area contributed by atoms with Gasteiger partial charge in [0, 0.05) is 55.8 Å². The van der Waals surface area contributed by atoms with E-state index in [1.165, 1.54) is 18.2 Å². The number of likely N-dealkylation sites (tertiary alicyclic amines) is 1. The minimum absolute atomic E-state index is 0.0272. The highest BCUT2D eigenvalue weighted by Crippen LogP contribution is 2.28. The molecule has 1 aliphatic carbocycles. The van der Waals surface area contributed by atoms with Gasteiger partial charge in [-0.2, -0.15) is 0 Å². The number of benzene rings is 1. The molecule has 2 aliphatic heterocycles. The Morgan fingerprint density at radius 2 is 1.53 bits per heavy atom. The van der Waals surface area contributed by atoms with E-state index in [0.717, 1.165) is 32.1 Å². The van der Waals surface area contributed by atoms with Crippen molar-refractivity contribution in [1.29, 1.82) is 0 Å². The van der Waals surface area contributed by atoms with E-state index in [4.69, 9.17) is 0 Å². The number of rotatable bonds is 4. The van der Waals surface area contributed by atoms with Crippen LogP contribution in [-0.4, -0.2) is 76.1 Å². The van der Waals surface area contributed by atoms with Crippen molar-refractivity contribution in [3.05, 3.63) is 39.4 Å². The Morgan fingerprint density at radius 3 is 2.12 bits per heavy atom. The molecular formula is C23H30N4O5. The Kier molecular flexibility index (Phi) is 6.43. The lowest BCUT2D eigenvalue weighted by molar-refractivity contribution is -0.385. The average molecular weight is 443 g/mol. The molecule has 3 amide bonds. The number of hydrogen-bond acceptors (Lipinski definition) is 5. The van der Waals surface area contributed by atoms with Gasteiger partial charge in [0.15, 0.2) is 0 Å². The zero-order valence-corrected chi connectivity index (χ0v) is 18.5. The molecule has 2 saturated heterocycles. The van der Waals surface area contributed by atoms with E-state index >= 15 is 0 Å². The third-order valence-corrected chi connectivity index (χ3v) is 7.05. The van der Waals surface area contributed by atoms with Crippen molar-refractivity contribution in [3.8, 4) is 0 Å². The summed E-state index contributed by atoms with van der Waals surface area (Å²) in [7, 11) is 0. The Balaban J connectivity index is 1.38. The smallest absolute Gasteiger partial charge is 0.272 e. The molecule has 2 heterocycles. The lowest BCUT2D eigenvalue weighted by Gasteiger charge is -2.38. The third kappa shape index (κ3) is 4.33. The molecule has 3 aliphatic rings. The summed E-state index contributed by atoms with van der Waals surface area (Å²) >= 11 is 0. The van der Waals surface area contributed by atoms with Crippen molar-refractivity contribution in [1.82, 2.24) is 14.7 Å². The second kappa shape index (κ2) is 9.26. The minimum atomic E-state index is -0.518. The van der Waals surface area contributed by atoms with Crippen LogP contribution < -0.4 is 0 Å². The summed E-state index contributed by atoms with van der Waals surface area (Å²) in [4.78, 5) is 54.8. The summed E-state index contributed by atoms with van der Waals surface area (Å²) < 4.78 is 0. The van der Waals surface area contributed by atoms with E-state index in [2.05, 4.69) is 0 Å². The molecular weight excluding hydrogens is 412 g/mol. The molecule has 1 unspecified atom stereocenters. The van der Waals surface area contributed by atoms with E-state index in [-0.39, 0.29) is 29.3 Å². The van der Waals surface area contributed by atoms with Crippen LogP contribution >= 0.6 is 0 Å². The molecule has 3 fully saturated rings. The average Bonchev–Trinajstić information content (AvgIpc) is 3.50. The van der Waals surface area contributed by atoms with Gasteiger partial charge >= 0.3 is 0 Å². The fourth-order valence-electron chi connectivity index (χ4n) is 5.21. The van der Waals surface area contributed by atoms with Gasteiger partial charge in [0.05, 0.1) is 4.92 Å². The van der Waals surface area contributed by atoms with Crippen LogP contribution in [-0.2, 0) is 9.59 Å². The van der Waals surface area contributed by atoms with Crippen LogP contribution in [0.1, 0.15) is 54.4 Å². The standard InChI is InChI=1S/C23H30N4O5/c1-16-15-18(8-9-19(16)27(31)32)22(29)26-10-4-7-20(26)23(30)25-13-11-24(12-14-25)21(28)17-5-2-3-6-17/h8-9,15,17,20H,2-7,10-14H2,1H3. The van der Waals surface area contributed by atoms with Crippen molar-refractivity contribution < 1.29 is 19.3 Å². The number of nitro benzene ring substituents is 1. The summed E-state index contributed by atoms with van der Waals surface area (Å²) in [6.45, 7) is 4.17. The maximum atomic E-state index is 13.2. The molecule has 32 heavy (non-hydrogen) atoms. The van der Waals surface area contributed by atoms with Gasteiger partial charge in [-0.15, -0.1) is 0 Å². The van der Waals surface area contributed by atoms with Crippen LogP contribution in [0, 0.1) is 23.0 Å². The molecule has 1 aromatic carbocycles. The van der Waals surface area contributed by atoms with Gasteiger partial charge in [-0.25, -0.2) is 0 Å². The van der Waals surface area contributed by atoms with Crippen molar-refractivity contribution in [2.24, 2.45) is 5.92 Å². The van der Waals surface area contributed by atoms with Gasteiger partial charge < -0.3 is 14.7 Å². The molecule has 9 heteroatoms. The number of carbonyl (C=O) groups excluding carboxylic acids is 3. The summed E-state index contributed by atoms with van der Waals surface area (Å²) in [5.74, 6) is 0.0301. The van der Waals surface area contributed by atoms with Gasteiger partial charge in [-0.1, -0.05) is 12.8 Å². The monoisotopic (exact) mass is 442 g/mol. The Labute approximate surface area is 187 Å². The Hall–Kier alpha value is -2.97. The van der Waals surface area contributed by atoms with Crippen LogP contribution in [0.3, 0.4) is 0 Å². The summed E-state index contributed by atoms with van der Waals surface area (Å²) in [6, 6.07) is 3.81. The van der Waals surface area contributed by atoms with Crippen LogP contribution in [0.4, 0.5) is 5.69 Å². The summed E-state index contributed by atoms with van der Waals surface area (Å²) in [5.41, 5.74) is 0.756. The lowest BCUT2D eigenvalue weighted by Crippen LogP contribution is -2.56. The van der Waals surface area contributed by atoms with E-state index in [1.807, 2.05) is 4.90 Å². The Bertz CT molecular complexity index is 919. The van der Waals surface area contributed by atoms with Gasteiger partial charge in [-0.3, -0.25) is 24.5 Å². The molecule has 1 aromatic rings. The predicted molar refractivity (Wildman–Crippen MR) is 117 cm³/mol. The second-order valence-electron chi connectivity index (χ2n) is 9.05. The Morgan fingerprint density at radius 1 is 0.906 bits per heavy atom. The predicted octanol–water partition coefficient (Wildman–Crippen LogP) is 2.37. The topological polar surface area (TPSA) is 104 Å². The number of nitro groups is 1. The fraction of sp³-hybridized carbons (Fsp3) is 0.609. The zero-order chi connectivity index (χ0) is 22.8. The normalized spacial score (nSPS) is 21.8. The highest BCUT2D eigenvalue weighted by atomic mass is 16.6. The largest absolute Gasteiger partial charge is 0.339 e. The third-order valence-electron chi connectivity index (χ3n) is 7.05. The van der Waals surface area contributed by atoms with Crippen LogP contribution in [0.25, 0.3) is 0 Å². The highest BCUT2D eigenvalue weighted by molar-refractivity contribution is 5.98. The fourth-order valence-corrected chi connectivity index (χ4v) is 5.21. The molecule has 4 rings (SSSR count). The molecule has 1 atom stereocenters. The minimum Gasteiger partial charge on any atom is -0.339 e. The molecule has 9 nitrogen and oxygen atoms in total. The first-order valence-electron chi connectivity index (χ1n) is 11.5. The second-order valence-corrected chi connectivity index (χ2v) is 9.05. The van der Waals surface area contributed by atoms with Crippen molar-refractivity contribution in [2.75, 3.05) is 32.7 Å². The van der Waals surface area contributed by atoms with Gasteiger partial charge in [0.25, 0.3) is 11.6 Å². The highest BCUT2D eigenvalue weighted by Gasteiger charge is 2.39. The molecule has 172 valence electrons. The lowest BCUT2D eigenvalue weighted by atomic mass is 10.1. The molecule has 0 radical (unpaired) electrons. The maximum Gasteiger partial charge on any atom is 0.272 e. The van der Waals surface area contributed by atoms with Crippen LogP contribution in [0.5, 0.6) is 0 Å². The number of piperazine rings is 1. The first-order valence-corrected chi connectivity index (χ1v) is 11.5. The van der Waals surface area contributed by atoms with Crippen molar-refractivity contribution >= 4 is 23.4 Å². The van der Waals surface area contributed by atoms with E-state index in [0.29, 0.717) is 50.3 Å². The first-order chi connectivity index (χ1) is 15.4. The van der Waals surface area contributed by atoms with E-state index in [1.54, 1.807) is 16.7 Å². The van der Waals surface area contributed by atoms with Crippen molar-refractivity contribution in [3.63, 3.8) is 0 Å². The molecule has 0 N–H and O–H groups in total. The van der Waals surface area contributed by atoms with Crippen LogP contribution in [0.15, 0.2) is 18.2 Å². The summed E-state index contributed by atoms with van der Waals surface area (Å²) in [6.07, 6.45) is 5.54. The zero-order valence-electron chi connectivity index (χ0n) is 18.5. The van der Waals surface area contributed by atoms with E-state index < -0.39 is 11.0 Å². The summed E-state index contributed by atoms with van der Waals surface area (Å²) in [5, 5.41) is 11.1. The van der Waals surface area contributed by atoms with Crippen molar-refractivity contribution in [2.45, 2.75) is 51.5 Å². The quantitative estimate of drug-likeness (QED) is 0.526. The number of aryl methyl sites for hydroxylation is 1.